The van der Waals surface area contributed by atoms with E-state index in [-0.39, 0.29) is 24.0 Å². The van der Waals surface area contributed by atoms with Gasteiger partial charge in [0.15, 0.2) is 5.96 Å². The second-order valence-corrected chi connectivity index (χ2v) is 5.25. The molecule has 0 aromatic carbocycles. The number of nitrogens with one attached hydrogen (secondary N) is 2. The highest BCUT2D eigenvalue weighted by molar-refractivity contribution is 14.0. The monoisotopic (exact) mass is 433 g/mol. The topological polar surface area (TPSA) is 63.5 Å². The molecule has 7 heteroatoms. The molecule has 2 rings (SSSR count). The molecule has 0 radical (unpaired) electrons. The van der Waals surface area contributed by atoms with E-state index in [4.69, 9.17) is 4.74 Å². The van der Waals surface area contributed by atoms with Crippen LogP contribution in [0.4, 0.5) is 0 Å². The Morgan fingerprint density at radius 2 is 2.35 bits per heavy atom. The molecule has 1 aliphatic rings. The number of aliphatic imine (C=N–C) groups is 1. The van der Waals surface area contributed by atoms with E-state index in [2.05, 4.69) is 33.7 Å². The van der Waals surface area contributed by atoms with Gasteiger partial charge >= 0.3 is 0 Å². The summed E-state index contributed by atoms with van der Waals surface area (Å²) in [6, 6.07) is 1.94. The van der Waals surface area contributed by atoms with Crippen molar-refractivity contribution in [2.75, 3.05) is 32.8 Å². The standard InChI is InChI=1S/C16H27N5O.HI/c1-2-17-16(18-8-3-11-21-12-4-9-20-21)19-10-5-15-6-13-22-14-7-15;/h4,6,9,12H,2-3,5,7-8,10-11,13-14H2,1H3,(H2,17,18,19);1H. The van der Waals surface area contributed by atoms with Crippen LogP contribution in [0.25, 0.3) is 0 Å². The van der Waals surface area contributed by atoms with Crippen molar-refractivity contribution < 1.29 is 4.74 Å². The zero-order valence-corrected chi connectivity index (χ0v) is 16.2. The summed E-state index contributed by atoms with van der Waals surface area (Å²) < 4.78 is 7.26. The van der Waals surface area contributed by atoms with Gasteiger partial charge in [-0.3, -0.25) is 9.67 Å². The highest BCUT2D eigenvalue weighted by Crippen LogP contribution is 2.10. The molecule has 1 aromatic rings. The second-order valence-electron chi connectivity index (χ2n) is 5.25. The van der Waals surface area contributed by atoms with Crippen molar-refractivity contribution in [1.29, 1.82) is 0 Å². The van der Waals surface area contributed by atoms with Gasteiger partial charge in [-0.05, 0) is 32.3 Å². The van der Waals surface area contributed by atoms with E-state index in [0.717, 1.165) is 64.6 Å². The van der Waals surface area contributed by atoms with E-state index in [9.17, 15) is 0 Å². The number of hydrogen-bond acceptors (Lipinski definition) is 3. The number of rotatable bonds is 8. The van der Waals surface area contributed by atoms with Gasteiger partial charge in [0, 0.05) is 38.6 Å². The van der Waals surface area contributed by atoms with Crippen LogP contribution in [-0.2, 0) is 11.3 Å². The minimum absolute atomic E-state index is 0. The summed E-state index contributed by atoms with van der Waals surface area (Å²) >= 11 is 0. The number of hydrogen-bond donors (Lipinski definition) is 2. The van der Waals surface area contributed by atoms with Gasteiger partial charge in [0.05, 0.1) is 13.2 Å². The van der Waals surface area contributed by atoms with Gasteiger partial charge in [0.1, 0.15) is 0 Å². The molecule has 0 aliphatic carbocycles. The Morgan fingerprint density at radius 3 is 3.04 bits per heavy atom. The lowest BCUT2D eigenvalue weighted by Gasteiger charge is -2.15. The molecule has 23 heavy (non-hydrogen) atoms. The lowest BCUT2D eigenvalue weighted by molar-refractivity contribution is 0.153. The van der Waals surface area contributed by atoms with Crippen molar-refractivity contribution in [3.8, 4) is 0 Å². The van der Waals surface area contributed by atoms with Crippen LogP contribution in [-0.4, -0.2) is 48.6 Å². The molecule has 0 fully saturated rings. The van der Waals surface area contributed by atoms with E-state index < -0.39 is 0 Å². The Morgan fingerprint density at radius 1 is 1.43 bits per heavy atom. The summed E-state index contributed by atoms with van der Waals surface area (Å²) in [5.41, 5.74) is 1.48. The number of nitrogens with zero attached hydrogens (tertiary/aromatic N) is 3. The number of aromatic nitrogens is 2. The molecule has 2 N–H and O–H groups in total. The molecule has 0 saturated carbocycles. The highest BCUT2D eigenvalue weighted by atomic mass is 127. The van der Waals surface area contributed by atoms with E-state index in [1.54, 1.807) is 6.20 Å². The van der Waals surface area contributed by atoms with Crippen LogP contribution in [0.3, 0.4) is 0 Å². The lowest BCUT2D eigenvalue weighted by Crippen LogP contribution is -2.38. The Balaban J connectivity index is 0.00000264. The van der Waals surface area contributed by atoms with Gasteiger partial charge in [0.25, 0.3) is 0 Å². The first kappa shape index (κ1) is 20.0. The molecule has 0 atom stereocenters. The molecule has 1 aliphatic heterocycles. The van der Waals surface area contributed by atoms with Crippen molar-refractivity contribution in [3.05, 3.63) is 30.1 Å². The maximum Gasteiger partial charge on any atom is 0.191 e. The van der Waals surface area contributed by atoms with Crippen LogP contribution in [0, 0.1) is 0 Å². The fourth-order valence-electron chi connectivity index (χ4n) is 2.33. The average molecular weight is 433 g/mol. The first-order valence-corrected chi connectivity index (χ1v) is 8.13. The van der Waals surface area contributed by atoms with Crippen molar-refractivity contribution in [2.45, 2.75) is 32.7 Å². The molecule has 130 valence electrons. The van der Waals surface area contributed by atoms with Gasteiger partial charge in [-0.15, -0.1) is 24.0 Å². The fourth-order valence-corrected chi connectivity index (χ4v) is 2.33. The van der Waals surface area contributed by atoms with Crippen LogP contribution < -0.4 is 10.6 Å². The van der Waals surface area contributed by atoms with Crippen molar-refractivity contribution in [1.82, 2.24) is 20.4 Å². The summed E-state index contributed by atoms with van der Waals surface area (Å²) in [6.45, 7) is 7.19. The third-order valence-corrected chi connectivity index (χ3v) is 3.51. The molecule has 2 heterocycles. The first-order chi connectivity index (χ1) is 10.9. The third-order valence-electron chi connectivity index (χ3n) is 3.51. The summed E-state index contributed by atoms with van der Waals surface area (Å²) in [6.07, 6.45) is 9.08. The normalized spacial score (nSPS) is 14.8. The Bertz CT molecular complexity index is 473. The minimum atomic E-state index is 0. The number of halogens is 1. The molecule has 0 unspecified atom stereocenters. The summed E-state index contributed by atoms with van der Waals surface area (Å²) in [7, 11) is 0. The Hall–Kier alpha value is -1.09. The molecule has 1 aromatic heterocycles. The van der Waals surface area contributed by atoms with Crippen LogP contribution >= 0.6 is 24.0 Å². The zero-order chi connectivity index (χ0) is 15.5. The molecular weight excluding hydrogens is 405 g/mol. The summed E-state index contributed by atoms with van der Waals surface area (Å²) in [5.74, 6) is 0.899. The van der Waals surface area contributed by atoms with Crippen molar-refractivity contribution >= 4 is 29.9 Å². The Labute approximate surface area is 155 Å². The highest BCUT2D eigenvalue weighted by Gasteiger charge is 2.04. The Kier molecular flexibility index (Phi) is 10.7. The molecule has 0 spiro atoms. The van der Waals surface area contributed by atoms with Gasteiger partial charge in [-0.2, -0.15) is 5.10 Å². The van der Waals surface area contributed by atoms with Crippen LogP contribution in [0.1, 0.15) is 26.2 Å². The van der Waals surface area contributed by atoms with E-state index in [1.165, 1.54) is 5.57 Å². The predicted molar refractivity (Wildman–Crippen MR) is 104 cm³/mol. The molecular formula is C16H28IN5O. The van der Waals surface area contributed by atoms with Crippen molar-refractivity contribution in [2.24, 2.45) is 4.99 Å². The van der Waals surface area contributed by atoms with Gasteiger partial charge in [-0.1, -0.05) is 11.6 Å². The van der Waals surface area contributed by atoms with Gasteiger partial charge < -0.3 is 15.4 Å². The SMILES string of the molecule is CCNC(=NCCCn1cccn1)NCCC1=CCOCC1.I. The largest absolute Gasteiger partial charge is 0.377 e. The number of ether oxygens (including phenoxy) is 1. The maximum absolute atomic E-state index is 5.32. The average Bonchev–Trinajstić information content (AvgIpc) is 3.06. The van der Waals surface area contributed by atoms with E-state index in [1.807, 2.05) is 16.9 Å². The summed E-state index contributed by atoms with van der Waals surface area (Å²) in [4.78, 5) is 4.60. The minimum Gasteiger partial charge on any atom is -0.377 e. The van der Waals surface area contributed by atoms with E-state index in [0.29, 0.717) is 0 Å². The lowest BCUT2D eigenvalue weighted by atomic mass is 10.1. The van der Waals surface area contributed by atoms with Gasteiger partial charge in [0.2, 0.25) is 0 Å². The van der Waals surface area contributed by atoms with E-state index >= 15 is 0 Å². The third kappa shape index (κ3) is 8.36. The quantitative estimate of drug-likeness (QED) is 0.217. The smallest absolute Gasteiger partial charge is 0.191 e. The van der Waals surface area contributed by atoms with Gasteiger partial charge in [-0.25, -0.2) is 0 Å². The predicted octanol–water partition coefficient (Wildman–Crippen LogP) is 2.18. The number of guanidine groups is 1. The fraction of sp³-hybridized carbons (Fsp3) is 0.625. The van der Waals surface area contributed by atoms with Crippen LogP contribution in [0.5, 0.6) is 0 Å². The number of aryl methyl sites for hydroxylation is 1. The second kappa shape index (κ2) is 12.3. The zero-order valence-electron chi connectivity index (χ0n) is 13.8. The van der Waals surface area contributed by atoms with Crippen LogP contribution in [0.15, 0.2) is 35.1 Å². The molecule has 0 saturated heterocycles. The molecule has 0 bridgehead atoms. The molecule has 6 nitrogen and oxygen atoms in total. The maximum atomic E-state index is 5.32. The molecule has 0 amide bonds. The summed E-state index contributed by atoms with van der Waals surface area (Å²) in [5, 5.41) is 10.9. The van der Waals surface area contributed by atoms with Crippen LogP contribution in [0.2, 0.25) is 0 Å². The van der Waals surface area contributed by atoms with Crippen molar-refractivity contribution in [3.63, 3.8) is 0 Å². The first-order valence-electron chi connectivity index (χ1n) is 8.13.